The molecule has 2 aliphatic heterocycles. The lowest BCUT2D eigenvalue weighted by Crippen LogP contribution is -2.38. The number of fused-ring (bicyclic) bond motifs is 2. The van der Waals surface area contributed by atoms with Crippen LogP contribution in [0.15, 0.2) is 30.8 Å². The van der Waals surface area contributed by atoms with Crippen LogP contribution >= 0.6 is 0 Å². The molecule has 7 nitrogen and oxygen atoms in total. The SMILES string of the molecule is C=Cc1cc2c(cc1C1Cc3ccc(OC)c(OC)c3CN1C(=O)O)OCO2. The van der Waals surface area contributed by atoms with E-state index in [9.17, 15) is 9.90 Å². The number of methoxy groups -OCH3 is 2. The molecule has 4 rings (SSSR count). The van der Waals surface area contributed by atoms with Crippen molar-refractivity contribution in [1.29, 1.82) is 0 Å². The van der Waals surface area contributed by atoms with E-state index in [1.165, 1.54) is 4.90 Å². The summed E-state index contributed by atoms with van der Waals surface area (Å²) in [4.78, 5) is 13.5. The Morgan fingerprint density at radius 1 is 1.25 bits per heavy atom. The summed E-state index contributed by atoms with van der Waals surface area (Å²) in [6.45, 7) is 4.23. The van der Waals surface area contributed by atoms with Gasteiger partial charge in [-0.15, -0.1) is 0 Å². The lowest BCUT2D eigenvalue weighted by molar-refractivity contribution is 0.113. The summed E-state index contributed by atoms with van der Waals surface area (Å²) in [7, 11) is 3.12. The molecule has 1 amide bonds. The Kier molecular flexibility index (Phi) is 4.50. The molecule has 1 unspecified atom stereocenters. The predicted octanol–water partition coefficient (Wildman–Crippen LogP) is 3.85. The Morgan fingerprint density at radius 3 is 2.64 bits per heavy atom. The molecule has 2 aliphatic rings. The number of hydrogen-bond donors (Lipinski definition) is 1. The molecule has 7 heteroatoms. The monoisotopic (exact) mass is 383 g/mol. The topological polar surface area (TPSA) is 77.5 Å². The molecule has 0 fully saturated rings. The van der Waals surface area contributed by atoms with Crippen LogP contribution in [0.4, 0.5) is 4.79 Å². The van der Waals surface area contributed by atoms with Gasteiger partial charge in [-0.05, 0) is 41.3 Å². The Balaban J connectivity index is 1.83. The van der Waals surface area contributed by atoms with Crippen molar-refractivity contribution in [2.75, 3.05) is 21.0 Å². The van der Waals surface area contributed by atoms with Crippen LogP contribution in [0, 0.1) is 0 Å². The first-order valence-corrected chi connectivity index (χ1v) is 8.85. The molecule has 0 saturated heterocycles. The van der Waals surface area contributed by atoms with Crippen molar-refractivity contribution < 1.29 is 28.8 Å². The van der Waals surface area contributed by atoms with Gasteiger partial charge in [0.05, 0.1) is 26.8 Å². The van der Waals surface area contributed by atoms with E-state index >= 15 is 0 Å². The van der Waals surface area contributed by atoms with Gasteiger partial charge in [0.15, 0.2) is 23.0 Å². The van der Waals surface area contributed by atoms with Gasteiger partial charge in [-0.25, -0.2) is 4.79 Å². The second kappa shape index (κ2) is 6.99. The average Bonchev–Trinajstić information content (AvgIpc) is 3.18. The number of amides is 1. The second-order valence-corrected chi connectivity index (χ2v) is 6.61. The van der Waals surface area contributed by atoms with Gasteiger partial charge in [-0.1, -0.05) is 18.7 Å². The number of hydrogen-bond acceptors (Lipinski definition) is 5. The van der Waals surface area contributed by atoms with Crippen molar-refractivity contribution in [2.45, 2.75) is 19.0 Å². The Bertz CT molecular complexity index is 954. The van der Waals surface area contributed by atoms with Crippen molar-refractivity contribution in [2.24, 2.45) is 0 Å². The molecule has 2 heterocycles. The summed E-state index contributed by atoms with van der Waals surface area (Å²) in [5, 5.41) is 9.91. The normalized spacial score (nSPS) is 17.1. The molecule has 0 radical (unpaired) electrons. The van der Waals surface area contributed by atoms with Crippen molar-refractivity contribution in [3.63, 3.8) is 0 Å². The molecule has 28 heavy (non-hydrogen) atoms. The molecular weight excluding hydrogens is 362 g/mol. The Labute approximate surface area is 162 Å². The van der Waals surface area contributed by atoms with Crippen molar-refractivity contribution >= 4 is 12.2 Å². The molecule has 2 aromatic carbocycles. The lowest BCUT2D eigenvalue weighted by Gasteiger charge is -2.37. The number of benzene rings is 2. The molecule has 1 N–H and O–H groups in total. The molecule has 146 valence electrons. The molecule has 1 atom stereocenters. The van der Waals surface area contributed by atoms with Crippen LogP contribution in [0.25, 0.3) is 6.08 Å². The molecule has 0 aromatic heterocycles. The summed E-state index contributed by atoms with van der Waals surface area (Å²) >= 11 is 0. The zero-order valence-corrected chi connectivity index (χ0v) is 15.7. The first kappa shape index (κ1) is 18.0. The lowest BCUT2D eigenvalue weighted by atomic mass is 9.87. The molecule has 0 bridgehead atoms. The first-order chi connectivity index (χ1) is 13.6. The maximum absolute atomic E-state index is 12.1. The van der Waals surface area contributed by atoms with E-state index in [0.29, 0.717) is 29.4 Å². The van der Waals surface area contributed by atoms with E-state index in [1.54, 1.807) is 20.3 Å². The molecule has 0 saturated carbocycles. The summed E-state index contributed by atoms with van der Waals surface area (Å²) in [6, 6.07) is 7.12. The van der Waals surface area contributed by atoms with E-state index in [2.05, 4.69) is 6.58 Å². The number of ether oxygens (including phenoxy) is 4. The molecule has 0 aliphatic carbocycles. The number of nitrogens with zero attached hydrogens (tertiary/aromatic N) is 1. The Morgan fingerprint density at radius 2 is 2.00 bits per heavy atom. The van der Waals surface area contributed by atoms with Crippen LogP contribution in [-0.2, 0) is 13.0 Å². The van der Waals surface area contributed by atoms with Gasteiger partial charge in [0.1, 0.15) is 0 Å². The van der Waals surface area contributed by atoms with Crippen LogP contribution in [0.1, 0.15) is 28.3 Å². The third-order valence-electron chi connectivity index (χ3n) is 5.27. The van der Waals surface area contributed by atoms with Gasteiger partial charge in [0.2, 0.25) is 6.79 Å². The number of carboxylic acid groups (broad SMARTS) is 1. The van der Waals surface area contributed by atoms with E-state index in [-0.39, 0.29) is 19.4 Å². The standard InChI is InChI=1S/C21H21NO6/c1-4-12-8-18-19(28-11-27-18)9-14(12)16-7-13-5-6-17(25-2)20(26-3)15(13)10-22(16)21(23)24/h4-6,8-9,16H,1,7,10-11H2,2-3H3,(H,23,24). The summed E-state index contributed by atoms with van der Waals surface area (Å²) < 4.78 is 21.8. The van der Waals surface area contributed by atoms with E-state index in [4.69, 9.17) is 18.9 Å². The predicted molar refractivity (Wildman–Crippen MR) is 102 cm³/mol. The fourth-order valence-corrected chi connectivity index (χ4v) is 3.91. The molecular formula is C21H21NO6. The average molecular weight is 383 g/mol. The minimum Gasteiger partial charge on any atom is -0.493 e. The molecule has 0 spiro atoms. The van der Waals surface area contributed by atoms with E-state index in [1.807, 2.05) is 24.3 Å². The van der Waals surface area contributed by atoms with E-state index in [0.717, 1.165) is 22.3 Å². The summed E-state index contributed by atoms with van der Waals surface area (Å²) in [5.41, 5.74) is 3.50. The van der Waals surface area contributed by atoms with Gasteiger partial charge in [0, 0.05) is 5.56 Å². The largest absolute Gasteiger partial charge is 0.493 e. The molecule has 2 aromatic rings. The van der Waals surface area contributed by atoms with Crippen LogP contribution in [0.3, 0.4) is 0 Å². The van der Waals surface area contributed by atoms with Gasteiger partial charge in [-0.2, -0.15) is 0 Å². The zero-order valence-electron chi connectivity index (χ0n) is 15.7. The van der Waals surface area contributed by atoms with Gasteiger partial charge < -0.3 is 24.1 Å². The highest BCUT2D eigenvalue weighted by atomic mass is 16.7. The van der Waals surface area contributed by atoms with Crippen LogP contribution in [0.5, 0.6) is 23.0 Å². The summed E-state index contributed by atoms with van der Waals surface area (Å²) in [5.74, 6) is 2.41. The number of rotatable bonds is 4. The van der Waals surface area contributed by atoms with Gasteiger partial charge in [-0.3, -0.25) is 4.90 Å². The van der Waals surface area contributed by atoms with Crippen molar-refractivity contribution in [1.82, 2.24) is 4.90 Å². The second-order valence-electron chi connectivity index (χ2n) is 6.61. The smallest absolute Gasteiger partial charge is 0.408 e. The minimum absolute atomic E-state index is 0.155. The van der Waals surface area contributed by atoms with Crippen LogP contribution in [-0.4, -0.2) is 37.1 Å². The quantitative estimate of drug-likeness (QED) is 0.864. The first-order valence-electron chi connectivity index (χ1n) is 8.85. The minimum atomic E-state index is -1.01. The maximum atomic E-state index is 12.1. The zero-order chi connectivity index (χ0) is 19.8. The fraction of sp³-hybridized carbons (Fsp3) is 0.286. The highest BCUT2D eigenvalue weighted by Crippen LogP contribution is 2.44. The van der Waals surface area contributed by atoms with Crippen LogP contribution < -0.4 is 18.9 Å². The maximum Gasteiger partial charge on any atom is 0.408 e. The Hall–Kier alpha value is -3.35. The highest BCUT2D eigenvalue weighted by Gasteiger charge is 2.35. The van der Waals surface area contributed by atoms with Crippen molar-refractivity contribution in [3.8, 4) is 23.0 Å². The van der Waals surface area contributed by atoms with E-state index < -0.39 is 6.09 Å². The van der Waals surface area contributed by atoms with Gasteiger partial charge >= 0.3 is 6.09 Å². The number of carbonyl (C=O) groups is 1. The fourth-order valence-electron chi connectivity index (χ4n) is 3.91. The third kappa shape index (κ3) is 2.79. The highest BCUT2D eigenvalue weighted by molar-refractivity contribution is 5.69. The third-order valence-corrected chi connectivity index (χ3v) is 5.27. The van der Waals surface area contributed by atoms with Gasteiger partial charge in [0.25, 0.3) is 0 Å². The summed E-state index contributed by atoms with van der Waals surface area (Å²) in [6.07, 6.45) is 1.21. The van der Waals surface area contributed by atoms with Crippen molar-refractivity contribution in [3.05, 3.63) is 53.1 Å². The van der Waals surface area contributed by atoms with Crippen LogP contribution in [0.2, 0.25) is 0 Å².